The van der Waals surface area contributed by atoms with E-state index in [1.807, 2.05) is 25.5 Å². The van der Waals surface area contributed by atoms with Crippen molar-refractivity contribution in [2.24, 2.45) is 13.0 Å². The van der Waals surface area contributed by atoms with E-state index in [4.69, 9.17) is 0 Å². The quantitative estimate of drug-likeness (QED) is 0.900. The second-order valence-corrected chi connectivity index (χ2v) is 6.82. The van der Waals surface area contributed by atoms with Crippen LogP contribution in [-0.4, -0.2) is 38.9 Å². The molecule has 2 amide bonds. The van der Waals surface area contributed by atoms with Crippen LogP contribution in [0.1, 0.15) is 32.5 Å². The van der Waals surface area contributed by atoms with E-state index in [9.17, 15) is 14.0 Å². The smallest absolute Gasteiger partial charge is 0.243 e. The van der Waals surface area contributed by atoms with Gasteiger partial charge in [-0.25, -0.2) is 9.37 Å². The van der Waals surface area contributed by atoms with Crippen molar-refractivity contribution in [3.8, 4) is 0 Å². The first-order chi connectivity index (χ1) is 11.9. The van der Waals surface area contributed by atoms with E-state index in [-0.39, 0.29) is 30.1 Å². The van der Waals surface area contributed by atoms with Crippen molar-refractivity contribution < 1.29 is 14.0 Å². The monoisotopic (exact) mass is 346 g/mol. The van der Waals surface area contributed by atoms with Crippen molar-refractivity contribution in [2.75, 3.05) is 6.54 Å². The minimum atomic E-state index is -0.470. The molecule has 1 atom stereocenters. The fourth-order valence-corrected chi connectivity index (χ4v) is 3.42. The largest absolute Gasteiger partial charge is 0.347 e. The number of aryl methyl sites for hydroxylation is 1. The predicted octanol–water partition coefficient (Wildman–Crippen LogP) is 1.98. The van der Waals surface area contributed by atoms with E-state index in [1.165, 1.54) is 12.1 Å². The molecule has 1 aliphatic heterocycles. The Bertz CT molecular complexity index is 815. The normalized spacial score (nSPS) is 16.0. The molecule has 0 radical (unpaired) electrons. The Morgan fingerprint density at radius 2 is 2.16 bits per heavy atom. The molecule has 1 aromatic carbocycles. The molecule has 1 unspecified atom stereocenters. The van der Waals surface area contributed by atoms with E-state index >= 15 is 0 Å². The number of amides is 2. The topological polar surface area (TPSA) is 67.2 Å². The minimum absolute atomic E-state index is 0.0246. The summed E-state index contributed by atoms with van der Waals surface area (Å²) in [5.41, 5.74) is 1.36. The average molecular weight is 346 g/mol. The van der Waals surface area contributed by atoms with Gasteiger partial charge in [0.1, 0.15) is 17.7 Å². The molecule has 0 spiro atoms. The van der Waals surface area contributed by atoms with Crippen LogP contribution in [0.2, 0.25) is 0 Å². The molecule has 134 valence electrons. The Balaban J connectivity index is 1.74. The van der Waals surface area contributed by atoms with Crippen molar-refractivity contribution >= 4 is 22.8 Å². The molecule has 0 aliphatic carbocycles. The second kappa shape index (κ2) is 6.82. The number of carbonyl (C=O) groups excluding carboxylic acids is 2. The van der Waals surface area contributed by atoms with Crippen molar-refractivity contribution in [1.29, 1.82) is 0 Å². The maximum atomic E-state index is 13.3. The fraction of sp³-hybridized carbons (Fsp3) is 0.500. The molecule has 2 heterocycles. The van der Waals surface area contributed by atoms with Crippen LogP contribution in [0.15, 0.2) is 18.2 Å². The zero-order valence-electron chi connectivity index (χ0n) is 14.8. The zero-order valence-corrected chi connectivity index (χ0v) is 14.8. The summed E-state index contributed by atoms with van der Waals surface area (Å²) in [5.74, 6) is 0.185. The van der Waals surface area contributed by atoms with Gasteiger partial charge in [0.15, 0.2) is 0 Å². The minimum Gasteiger partial charge on any atom is -0.347 e. The Morgan fingerprint density at radius 1 is 1.40 bits per heavy atom. The molecule has 1 saturated heterocycles. The van der Waals surface area contributed by atoms with Crippen LogP contribution in [0.4, 0.5) is 4.39 Å². The number of likely N-dealkylation sites (tertiary alicyclic amines) is 1. The van der Waals surface area contributed by atoms with Gasteiger partial charge >= 0.3 is 0 Å². The molecule has 1 aromatic heterocycles. The third-order valence-electron chi connectivity index (χ3n) is 4.70. The molecule has 6 nitrogen and oxygen atoms in total. The highest BCUT2D eigenvalue weighted by atomic mass is 19.1. The summed E-state index contributed by atoms with van der Waals surface area (Å²) in [5, 5.41) is 2.88. The SMILES string of the molecule is CC(C)C(C(=O)NCc1nc2cc(F)ccc2n1C)N1CCCC1=O. The summed E-state index contributed by atoms with van der Waals surface area (Å²) < 4.78 is 15.2. The Hall–Kier alpha value is -2.44. The van der Waals surface area contributed by atoms with E-state index in [1.54, 1.807) is 11.0 Å². The summed E-state index contributed by atoms with van der Waals surface area (Å²) in [7, 11) is 1.83. The van der Waals surface area contributed by atoms with Gasteiger partial charge in [-0.2, -0.15) is 0 Å². The number of carbonyl (C=O) groups is 2. The Kier molecular flexibility index (Phi) is 4.74. The van der Waals surface area contributed by atoms with Gasteiger partial charge in [-0.1, -0.05) is 13.8 Å². The molecular weight excluding hydrogens is 323 g/mol. The highest BCUT2D eigenvalue weighted by Gasteiger charge is 2.34. The lowest BCUT2D eigenvalue weighted by Gasteiger charge is -2.29. The molecular formula is C18H23FN4O2. The van der Waals surface area contributed by atoms with Crippen LogP contribution in [-0.2, 0) is 23.2 Å². The lowest BCUT2D eigenvalue weighted by molar-refractivity contribution is -0.139. The third kappa shape index (κ3) is 3.36. The van der Waals surface area contributed by atoms with Crippen LogP contribution in [0.5, 0.6) is 0 Å². The van der Waals surface area contributed by atoms with Crippen molar-refractivity contribution in [2.45, 2.75) is 39.3 Å². The van der Waals surface area contributed by atoms with E-state index in [2.05, 4.69) is 10.3 Å². The predicted molar refractivity (Wildman–Crippen MR) is 92.1 cm³/mol. The highest BCUT2D eigenvalue weighted by Crippen LogP contribution is 2.20. The van der Waals surface area contributed by atoms with E-state index in [0.717, 1.165) is 11.9 Å². The molecule has 1 N–H and O–H groups in total. The molecule has 0 saturated carbocycles. The van der Waals surface area contributed by atoms with Gasteiger partial charge < -0.3 is 14.8 Å². The van der Waals surface area contributed by atoms with Gasteiger partial charge in [0.25, 0.3) is 0 Å². The van der Waals surface area contributed by atoms with Crippen LogP contribution in [0.25, 0.3) is 11.0 Å². The maximum absolute atomic E-state index is 13.3. The lowest BCUT2D eigenvalue weighted by atomic mass is 10.0. The second-order valence-electron chi connectivity index (χ2n) is 6.82. The van der Waals surface area contributed by atoms with Gasteiger partial charge in [-0.15, -0.1) is 0 Å². The number of imidazole rings is 1. The van der Waals surface area contributed by atoms with E-state index < -0.39 is 6.04 Å². The molecule has 2 aromatic rings. The molecule has 25 heavy (non-hydrogen) atoms. The number of nitrogens with one attached hydrogen (secondary N) is 1. The first-order valence-electron chi connectivity index (χ1n) is 8.56. The fourth-order valence-electron chi connectivity index (χ4n) is 3.42. The van der Waals surface area contributed by atoms with Crippen LogP contribution >= 0.6 is 0 Å². The number of halogens is 1. The standard InChI is InChI=1S/C18H23FN4O2/c1-11(2)17(23-8-4-5-16(23)24)18(25)20-10-15-21-13-9-12(19)6-7-14(13)22(15)3/h6-7,9,11,17H,4-5,8,10H2,1-3H3,(H,20,25). The highest BCUT2D eigenvalue weighted by molar-refractivity contribution is 5.88. The first-order valence-corrected chi connectivity index (χ1v) is 8.56. The number of hydrogen-bond donors (Lipinski definition) is 1. The third-order valence-corrected chi connectivity index (χ3v) is 4.70. The van der Waals surface area contributed by atoms with Crippen molar-refractivity contribution in [3.63, 3.8) is 0 Å². The number of rotatable bonds is 5. The Labute approximate surface area is 146 Å². The molecule has 0 bridgehead atoms. The van der Waals surface area contributed by atoms with Gasteiger partial charge in [-0.05, 0) is 24.5 Å². The number of hydrogen-bond acceptors (Lipinski definition) is 3. The number of aromatic nitrogens is 2. The van der Waals surface area contributed by atoms with Crippen LogP contribution in [0, 0.1) is 11.7 Å². The summed E-state index contributed by atoms with van der Waals surface area (Å²) in [6, 6.07) is 3.96. The van der Waals surface area contributed by atoms with Gasteiger partial charge in [0.2, 0.25) is 11.8 Å². The first kappa shape index (κ1) is 17.4. The summed E-state index contributed by atoms with van der Waals surface area (Å²) in [6.07, 6.45) is 1.30. The van der Waals surface area contributed by atoms with Crippen molar-refractivity contribution in [3.05, 3.63) is 29.8 Å². The molecule has 1 fully saturated rings. The summed E-state index contributed by atoms with van der Waals surface area (Å²) in [4.78, 5) is 30.7. The van der Waals surface area contributed by atoms with Crippen LogP contribution < -0.4 is 5.32 Å². The van der Waals surface area contributed by atoms with E-state index in [0.29, 0.717) is 24.3 Å². The van der Waals surface area contributed by atoms with Crippen LogP contribution in [0.3, 0.4) is 0 Å². The average Bonchev–Trinajstić information content (AvgIpc) is 3.09. The lowest BCUT2D eigenvalue weighted by Crippen LogP contribution is -2.50. The van der Waals surface area contributed by atoms with Gasteiger partial charge in [0.05, 0.1) is 17.6 Å². The zero-order chi connectivity index (χ0) is 18.1. The number of benzene rings is 1. The summed E-state index contributed by atoms with van der Waals surface area (Å²) in [6.45, 7) is 4.74. The molecule has 1 aliphatic rings. The van der Waals surface area contributed by atoms with Crippen molar-refractivity contribution in [1.82, 2.24) is 19.8 Å². The maximum Gasteiger partial charge on any atom is 0.243 e. The summed E-state index contributed by atoms with van der Waals surface area (Å²) >= 11 is 0. The Morgan fingerprint density at radius 3 is 2.80 bits per heavy atom. The molecule has 7 heteroatoms. The van der Waals surface area contributed by atoms with Gasteiger partial charge in [-0.3, -0.25) is 9.59 Å². The van der Waals surface area contributed by atoms with Gasteiger partial charge in [0, 0.05) is 26.1 Å². The number of fused-ring (bicyclic) bond motifs is 1. The molecule has 3 rings (SSSR count). The number of nitrogens with zero attached hydrogens (tertiary/aromatic N) is 3.